The van der Waals surface area contributed by atoms with Gasteiger partial charge in [-0.2, -0.15) is 0 Å². The van der Waals surface area contributed by atoms with Crippen LogP contribution in [0.2, 0.25) is 0 Å². The lowest BCUT2D eigenvalue weighted by Crippen LogP contribution is -2.50. The molecule has 208 valence electrons. The summed E-state index contributed by atoms with van der Waals surface area (Å²) in [7, 11) is 1.57. The maximum Gasteiger partial charge on any atom is 0.248 e. The summed E-state index contributed by atoms with van der Waals surface area (Å²) in [6, 6.07) is 13.4. The average molecular weight is 535 g/mol. The Balaban J connectivity index is 2.02. The topological polar surface area (TPSA) is 114 Å². The Kier molecular flexibility index (Phi) is 9.51. The van der Waals surface area contributed by atoms with Gasteiger partial charge in [0.25, 0.3) is 0 Å². The SMILES string of the molecule is CCC(C)(C)NC(=O)[C@@H](c1ccc(OC)cc1)N(C(=O)CCC(=O)Nc1cc(C)on1)c1cccc(C)c1C. The van der Waals surface area contributed by atoms with Crippen molar-refractivity contribution in [3.63, 3.8) is 0 Å². The lowest BCUT2D eigenvalue weighted by atomic mass is 9.96. The zero-order valence-electron chi connectivity index (χ0n) is 23.8. The van der Waals surface area contributed by atoms with Crippen molar-refractivity contribution in [3.8, 4) is 5.75 Å². The minimum absolute atomic E-state index is 0.0937. The Bertz CT molecular complexity index is 1310. The average Bonchev–Trinajstić information content (AvgIpc) is 3.31. The summed E-state index contributed by atoms with van der Waals surface area (Å²) in [5.74, 6) is 0.426. The molecule has 2 aromatic carbocycles. The van der Waals surface area contributed by atoms with E-state index in [1.54, 1.807) is 44.4 Å². The molecule has 1 heterocycles. The number of carbonyl (C=O) groups excluding carboxylic acids is 3. The molecule has 2 N–H and O–H groups in total. The molecule has 0 aliphatic carbocycles. The predicted octanol–water partition coefficient (Wildman–Crippen LogP) is 5.41. The molecule has 0 aliphatic rings. The van der Waals surface area contributed by atoms with Crippen LogP contribution in [0, 0.1) is 20.8 Å². The second kappa shape index (κ2) is 12.6. The molecule has 9 nitrogen and oxygen atoms in total. The molecule has 0 radical (unpaired) electrons. The number of nitrogens with one attached hydrogen (secondary N) is 2. The van der Waals surface area contributed by atoms with Gasteiger partial charge in [0.1, 0.15) is 17.6 Å². The molecule has 0 saturated heterocycles. The smallest absolute Gasteiger partial charge is 0.248 e. The summed E-state index contributed by atoms with van der Waals surface area (Å²) in [5.41, 5.74) is 2.59. The van der Waals surface area contributed by atoms with E-state index in [4.69, 9.17) is 9.26 Å². The van der Waals surface area contributed by atoms with Gasteiger partial charge in [-0.1, -0.05) is 36.3 Å². The standard InChI is InChI=1S/C30H38N4O5/c1-8-30(5,6)32-29(37)28(22-12-14-23(38-7)15-13-22)34(24-11-9-10-19(2)21(24)4)27(36)17-16-26(35)31-25-18-20(3)39-33-25/h9-15,18,28H,8,16-17H2,1-7H3,(H,32,37)(H,31,33,35)/t28-/m1/s1. The van der Waals surface area contributed by atoms with Gasteiger partial charge < -0.3 is 19.9 Å². The summed E-state index contributed by atoms with van der Waals surface area (Å²) in [6.07, 6.45) is 0.490. The van der Waals surface area contributed by atoms with E-state index in [1.165, 1.54) is 4.90 Å². The van der Waals surface area contributed by atoms with Gasteiger partial charge in [-0.25, -0.2) is 0 Å². The number of hydrogen-bond acceptors (Lipinski definition) is 6. The highest BCUT2D eigenvalue weighted by atomic mass is 16.5. The molecule has 3 rings (SSSR count). The fourth-order valence-corrected chi connectivity index (χ4v) is 4.08. The first-order valence-electron chi connectivity index (χ1n) is 13.0. The highest BCUT2D eigenvalue weighted by Gasteiger charge is 2.35. The van der Waals surface area contributed by atoms with E-state index >= 15 is 0 Å². The normalized spacial score (nSPS) is 12.0. The number of rotatable bonds is 11. The zero-order valence-corrected chi connectivity index (χ0v) is 23.8. The molecular formula is C30H38N4O5. The lowest BCUT2D eigenvalue weighted by molar-refractivity contribution is -0.128. The van der Waals surface area contributed by atoms with Gasteiger partial charge in [-0.05, 0) is 75.9 Å². The molecule has 0 saturated carbocycles. The summed E-state index contributed by atoms with van der Waals surface area (Å²) in [5, 5.41) is 9.52. The van der Waals surface area contributed by atoms with E-state index in [9.17, 15) is 14.4 Å². The Labute approximate surface area is 229 Å². The second-order valence-corrected chi connectivity index (χ2v) is 10.3. The maximum absolute atomic E-state index is 14.0. The first-order valence-corrected chi connectivity index (χ1v) is 13.0. The van der Waals surface area contributed by atoms with Crippen molar-refractivity contribution in [2.75, 3.05) is 17.3 Å². The molecule has 0 fully saturated rings. The first kappa shape index (κ1) is 29.4. The highest BCUT2D eigenvalue weighted by molar-refractivity contribution is 6.03. The molecule has 39 heavy (non-hydrogen) atoms. The molecule has 0 unspecified atom stereocenters. The van der Waals surface area contributed by atoms with Crippen molar-refractivity contribution in [1.82, 2.24) is 10.5 Å². The van der Waals surface area contributed by atoms with Crippen LogP contribution in [0.25, 0.3) is 0 Å². The van der Waals surface area contributed by atoms with Crippen molar-refractivity contribution in [1.29, 1.82) is 0 Å². The van der Waals surface area contributed by atoms with E-state index < -0.39 is 11.6 Å². The maximum atomic E-state index is 14.0. The summed E-state index contributed by atoms with van der Waals surface area (Å²) >= 11 is 0. The monoisotopic (exact) mass is 534 g/mol. The van der Waals surface area contributed by atoms with Crippen LogP contribution in [-0.4, -0.2) is 35.5 Å². The summed E-state index contributed by atoms with van der Waals surface area (Å²) in [4.78, 5) is 42.0. The summed E-state index contributed by atoms with van der Waals surface area (Å²) < 4.78 is 10.3. The minimum atomic E-state index is -0.976. The van der Waals surface area contributed by atoms with Crippen molar-refractivity contribution in [2.24, 2.45) is 0 Å². The molecule has 0 bridgehead atoms. The van der Waals surface area contributed by atoms with Crippen molar-refractivity contribution in [2.45, 2.75) is 72.4 Å². The van der Waals surface area contributed by atoms with Crippen molar-refractivity contribution in [3.05, 3.63) is 71.0 Å². The third-order valence-corrected chi connectivity index (χ3v) is 6.85. The fourth-order valence-electron chi connectivity index (χ4n) is 4.08. The molecule has 3 amide bonds. The lowest BCUT2D eigenvalue weighted by Gasteiger charge is -2.35. The number of ether oxygens (including phenoxy) is 1. The Morgan fingerprint density at radius 1 is 1.05 bits per heavy atom. The van der Waals surface area contributed by atoms with Crippen LogP contribution in [-0.2, 0) is 14.4 Å². The minimum Gasteiger partial charge on any atom is -0.497 e. The number of aromatic nitrogens is 1. The molecule has 0 aliphatic heterocycles. The number of nitrogens with zero attached hydrogens (tertiary/aromatic N) is 2. The van der Waals surface area contributed by atoms with Crippen LogP contribution in [0.1, 0.15) is 68.5 Å². The first-order chi connectivity index (χ1) is 18.5. The van der Waals surface area contributed by atoms with Crippen LogP contribution in [0.3, 0.4) is 0 Å². The van der Waals surface area contributed by atoms with E-state index in [0.29, 0.717) is 29.2 Å². The molecule has 1 aromatic heterocycles. The fraction of sp³-hybridized carbons (Fsp3) is 0.400. The van der Waals surface area contributed by atoms with Crippen LogP contribution in [0.4, 0.5) is 11.5 Å². The number of anilines is 2. The van der Waals surface area contributed by atoms with Crippen LogP contribution in [0.5, 0.6) is 5.75 Å². The van der Waals surface area contributed by atoms with Crippen LogP contribution < -0.4 is 20.3 Å². The second-order valence-electron chi connectivity index (χ2n) is 10.3. The predicted molar refractivity (Wildman–Crippen MR) is 151 cm³/mol. The van der Waals surface area contributed by atoms with Crippen molar-refractivity contribution < 1.29 is 23.6 Å². The van der Waals surface area contributed by atoms with Gasteiger partial charge in [0, 0.05) is 30.1 Å². The molecule has 3 aromatic rings. The van der Waals surface area contributed by atoms with E-state index in [2.05, 4.69) is 15.8 Å². The zero-order chi connectivity index (χ0) is 28.7. The quantitative estimate of drug-likeness (QED) is 0.340. The number of carbonyl (C=O) groups is 3. The van der Waals surface area contributed by atoms with Gasteiger partial charge in [0.05, 0.1) is 7.11 Å². The third-order valence-electron chi connectivity index (χ3n) is 6.85. The van der Waals surface area contributed by atoms with Gasteiger partial charge in [-0.3, -0.25) is 19.3 Å². The number of aryl methyl sites for hydroxylation is 2. The van der Waals surface area contributed by atoms with E-state index in [-0.39, 0.29) is 36.4 Å². The number of benzene rings is 2. The molecule has 9 heteroatoms. The van der Waals surface area contributed by atoms with Gasteiger partial charge in [0.2, 0.25) is 17.7 Å². The van der Waals surface area contributed by atoms with Gasteiger partial charge in [0.15, 0.2) is 5.82 Å². The Hall–Kier alpha value is -4.14. The van der Waals surface area contributed by atoms with Gasteiger partial charge in [-0.15, -0.1) is 0 Å². The Morgan fingerprint density at radius 2 is 1.74 bits per heavy atom. The van der Waals surface area contributed by atoms with Gasteiger partial charge >= 0.3 is 0 Å². The summed E-state index contributed by atoms with van der Waals surface area (Å²) in [6.45, 7) is 11.5. The van der Waals surface area contributed by atoms with Crippen molar-refractivity contribution >= 4 is 29.2 Å². The number of hydrogen-bond donors (Lipinski definition) is 2. The number of amides is 3. The van der Waals surface area contributed by atoms with Crippen LogP contribution >= 0.6 is 0 Å². The third kappa shape index (κ3) is 7.46. The largest absolute Gasteiger partial charge is 0.497 e. The van der Waals surface area contributed by atoms with Crippen LogP contribution in [0.15, 0.2) is 53.1 Å². The van der Waals surface area contributed by atoms with E-state index in [1.807, 2.05) is 52.8 Å². The molecule has 1 atom stereocenters. The highest BCUT2D eigenvalue weighted by Crippen LogP contribution is 2.34. The Morgan fingerprint density at radius 3 is 2.33 bits per heavy atom. The molecule has 0 spiro atoms. The van der Waals surface area contributed by atoms with E-state index in [0.717, 1.165) is 11.1 Å². The number of methoxy groups -OCH3 is 1. The molecular weight excluding hydrogens is 496 g/mol.